The van der Waals surface area contributed by atoms with Crippen molar-refractivity contribution in [3.63, 3.8) is 0 Å². The lowest BCUT2D eigenvalue weighted by molar-refractivity contribution is -0.106. The molecular formula is C18H26ClN3O. The third-order valence-electron chi connectivity index (χ3n) is 5.34. The van der Waals surface area contributed by atoms with Crippen molar-refractivity contribution in [2.45, 2.75) is 45.4 Å². The molecule has 1 aliphatic carbocycles. The van der Waals surface area contributed by atoms with Gasteiger partial charge in [-0.15, -0.1) is 0 Å². The van der Waals surface area contributed by atoms with Crippen LogP contribution in [0.15, 0.2) is 29.3 Å². The SMILES string of the molecule is CN=C(NC(C)c1ccccc1Cl)NC1C2CCOC2C1(C)C. The second-order valence-corrected chi connectivity index (χ2v) is 7.55. The summed E-state index contributed by atoms with van der Waals surface area (Å²) >= 11 is 6.29. The fourth-order valence-corrected chi connectivity index (χ4v) is 4.34. The lowest BCUT2D eigenvalue weighted by Gasteiger charge is -2.55. The molecule has 4 nitrogen and oxygen atoms in total. The number of fused-ring (bicyclic) bond motifs is 1. The van der Waals surface area contributed by atoms with Crippen molar-refractivity contribution in [1.29, 1.82) is 0 Å². The van der Waals surface area contributed by atoms with Crippen LogP contribution >= 0.6 is 11.6 Å². The van der Waals surface area contributed by atoms with Crippen molar-refractivity contribution in [3.8, 4) is 0 Å². The standard InChI is InChI=1S/C18H26ClN3O/c1-11(12-7-5-6-8-14(12)19)21-17(20-4)22-15-13-9-10-23-16(13)18(15,2)3/h5-8,11,13,15-16H,9-10H2,1-4H3,(H2,20,21,22). The molecule has 2 fully saturated rings. The Hall–Kier alpha value is -1.26. The van der Waals surface area contributed by atoms with Gasteiger partial charge in [-0.3, -0.25) is 4.99 Å². The topological polar surface area (TPSA) is 45.7 Å². The molecule has 126 valence electrons. The van der Waals surface area contributed by atoms with Crippen molar-refractivity contribution < 1.29 is 4.74 Å². The van der Waals surface area contributed by atoms with Crippen LogP contribution in [-0.4, -0.2) is 31.8 Å². The molecule has 1 aromatic rings. The van der Waals surface area contributed by atoms with Gasteiger partial charge in [0.05, 0.1) is 12.1 Å². The van der Waals surface area contributed by atoms with Gasteiger partial charge in [0.1, 0.15) is 0 Å². The largest absolute Gasteiger partial charge is 0.377 e. The van der Waals surface area contributed by atoms with E-state index in [1.807, 2.05) is 31.3 Å². The molecule has 2 aliphatic rings. The van der Waals surface area contributed by atoms with Gasteiger partial charge in [-0.05, 0) is 25.0 Å². The molecule has 3 rings (SSSR count). The van der Waals surface area contributed by atoms with Crippen LogP contribution in [0.3, 0.4) is 0 Å². The van der Waals surface area contributed by atoms with Crippen molar-refractivity contribution >= 4 is 17.6 Å². The summed E-state index contributed by atoms with van der Waals surface area (Å²) in [5, 5.41) is 7.83. The van der Waals surface area contributed by atoms with Crippen LogP contribution in [0.1, 0.15) is 38.8 Å². The number of ether oxygens (including phenoxy) is 1. The highest BCUT2D eigenvalue weighted by atomic mass is 35.5. The van der Waals surface area contributed by atoms with E-state index in [0.29, 0.717) is 18.1 Å². The Kier molecular flexibility index (Phi) is 4.56. The average molecular weight is 336 g/mol. The summed E-state index contributed by atoms with van der Waals surface area (Å²) in [6.07, 6.45) is 1.50. The first kappa shape index (κ1) is 16.6. The van der Waals surface area contributed by atoms with E-state index in [1.165, 1.54) is 0 Å². The minimum Gasteiger partial charge on any atom is -0.377 e. The Labute approximate surface area is 143 Å². The van der Waals surface area contributed by atoms with Crippen molar-refractivity contribution in [2.75, 3.05) is 13.7 Å². The minimum absolute atomic E-state index is 0.0914. The third kappa shape index (κ3) is 2.94. The summed E-state index contributed by atoms with van der Waals surface area (Å²) in [6, 6.07) is 8.39. The van der Waals surface area contributed by atoms with Gasteiger partial charge >= 0.3 is 0 Å². The summed E-state index contributed by atoms with van der Waals surface area (Å²) < 4.78 is 5.86. The van der Waals surface area contributed by atoms with E-state index >= 15 is 0 Å². The lowest BCUT2D eigenvalue weighted by atomic mass is 9.57. The van der Waals surface area contributed by atoms with Crippen LogP contribution in [0, 0.1) is 11.3 Å². The zero-order valence-electron chi connectivity index (χ0n) is 14.3. The van der Waals surface area contributed by atoms with Crippen LogP contribution in [-0.2, 0) is 4.74 Å². The molecule has 1 saturated heterocycles. The third-order valence-corrected chi connectivity index (χ3v) is 5.69. The highest BCUT2D eigenvalue weighted by Crippen LogP contribution is 2.52. The van der Waals surface area contributed by atoms with Gasteiger partial charge in [0.2, 0.25) is 0 Å². The lowest BCUT2D eigenvalue weighted by Crippen LogP contribution is -2.68. The highest BCUT2D eigenvalue weighted by molar-refractivity contribution is 6.31. The van der Waals surface area contributed by atoms with Gasteiger partial charge in [-0.25, -0.2) is 0 Å². The summed E-state index contributed by atoms with van der Waals surface area (Å²) in [5.74, 6) is 1.40. The maximum atomic E-state index is 6.29. The van der Waals surface area contributed by atoms with Gasteiger partial charge in [-0.2, -0.15) is 0 Å². The Bertz CT molecular complexity index is 602. The molecule has 4 atom stereocenters. The first-order valence-corrected chi connectivity index (χ1v) is 8.69. The Morgan fingerprint density at radius 3 is 2.83 bits per heavy atom. The fourth-order valence-electron chi connectivity index (χ4n) is 4.04. The Balaban J connectivity index is 1.66. The number of nitrogens with zero attached hydrogens (tertiary/aromatic N) is 1. The fraction of sp³-hybridized carbons (Fsp3) is 0.611. The molecule has 0 spiro atoms. The van der Waals surface area contributed by atoms with Gasteiger partial charge in [-0.1, -0.05) is 43.6 Å². The predicted octanol–water partition coefficient (Wildman–Crippen LogP) is 3.38. The normalized spacial score (nSPS) is 30.3. The first-order valence-electron chi connectivity index (χ1n) is 8.31. The quantitative estimate of drug-likeness (QED) is 0.657. The van der Waals surface area contributed by atoms with Crippen LogP contribution in [0.5, 0.6) is 0 Å². The number of halogens is 1. The molecule has 1 aromatic carbocycles. The van der Waals surface area contributed by atoms with Crippen LogP contribution in [0.2, 0.25) is 5.02 Å². The van der Waals surface area contributed by atoms with E-state index in [-0.39, 0.29) is 11.5 Å². The number of benzene rings is 1. The summed E-state index contributed by atoms with van der Waals surface area (Å²) in [5.41, 5.74) is 1.21. The zero-order valence-corrected chi connectivity index (χ0v) is 15.0. The molecule has 23 heavy (non-hydrogen) atoms. The number of rotatable bonds is 3. The maximum absolute atomic E-state index is 6.29. The zero-order chi connectivity index (χ0) is 16.6. The van der Waals surface area contributed by atoms with Crippen molar-refractivity contribution in [1.82, 2.24) is 10.6 Å². The highest BCUT2D eigenvalue weighted by Gasteiger charge is 2.59. The van der Waals surface area contributed by atoms with E-state index in [1.54, 1.807) is 0 Å². The number of guanidine groups is 1. The van der Waals surface area contributed by atoms with E-state index in [4.69, 9.17) is 16.3 Å². The van der Waals surface area contributed by atoms with Gasteiger partial charge < -0.3 is 15.4 Å². The van der Waals surface area contributed by atoms with Crippen molar-refractivity contribution in [3.05, 3.63) is 34.9 Å². The summed E-state index contributed by atoms with van der Waals surface area (Å²) in [7, 11) is 1.81. The number of hydrogen-bond donors (Lipinski definition) is 2. The number of hydrogen-bond acceptors (Lipinski definition) is 2. The van der Waals surface area contributed by atoms with Crippen molar-refractivity contribution in [2.24, 2.45) is 16.3 Å². The Morgan fingerprint density at radius 1 is 1.39 bits per heavy atom. The van der Waals surface area contributed by atoms with Gasteiger partial charge in [0.25, 0.3) is 0 Å². The van der Waals surface area contributed by atoms with Gasteiger partial charge in [0, 0.05) is 36.1 Å². The summed E-state index contributed by atoms with van der Waals surface area (Å²) in [6.45, 7) is 7.50. The second kappa shape index (κ2) is 6.33. The number of aliphatic imine (C=N–C) groups is 1. The predicted molar refractivity (Wildman–Crippen MR) is 94.9 cm³/mol. The molecule has 5 heteroatoms. The van der Waals surface area contributed by atoms with E-state index in [9.17, 15) is 0 Å². The smallest absolute Gasteiger partial charge is 0.191 e. The monoisotopic (exact) mass is 335 g/mol. The first-order chi connectivity index (χ1) is 10.9. The molecule has 0 aromatic heterocycles. The minimum atomic E-state index is 0.0914. The average Bonchev–Trinajstić information content (AvgIpc) is 2.98. The molecule has 0 bridgehead atoms. The molecule has 0 radical (unpaired) electrons. The molecule has 1 heterocycles. The van der Waals surface area contributed by atoms with Crippen LogP contribution < -0.4 is 10.6 Å². The molecule has 4 unspecified atom stereocenters. The Morgan fingerprint density at radius 2 is 2.13 bits per heavy atom. The van der Waals surface area contributed by atoms with Crippen LogP contribution in [0.25, 0.3) is 0 Å². The maximum Gasteiger partial charge on any atom is 0.191 e. The summed E-state index contributed by atoms with van der Waals surface area (Å²) in [4.78, 5) is 4.40. The second-order valence-electron chi connectivity index (χ2n) is 7.15. The molecule has 2 N–H and O–H groups in total. The molecular weight excluding hydrogens is 310 g/mol. The van der Waals surface area contributed by atoms with E-state index in [2.05, 4.69) is 36.4 Å². The molecule has 0 amide bonds. The molecule has 1 aliphatic heterocycles. The van der Waals surface area contributed by atoms with Crippen LogP contribution in [0.4, 0.5) is 0 Å². The van der Waals surface area contributed by atoms with E-state index in [0.717, 1.165) is 29.6 Å². The molecule has 1 saturated carbocycles. The van der Waals surface area contributed by atoms with E-state index < -0.39 is 0 Å². The number of nitrogens with one attached hydrogen (secondary N) is 2. The van der Waals surface area contributed by atoms with Gasteiger partial charge in [0.15, 0.2) is 5.96 Å².